The summed E-state index contributed by atoms with van der Waals surface area (Å²) < 4.78 is 8.33. The Morgan fingerprint density at radius 2 is 1.66 bits per heavy atom. The molecule has 1 aromatic heterocycles. The molecule has 5 rings (SSSR count). The first-order chi connectivity index (χ1) is 16.9. The maximum Gasteiger partial charge on any atom is 0.227 e. The molecule has 0 saturated carbocycles. The number of aromatic nitrogens is 2. The highest BCUT2D eigenvalue weighted by Crippen LogP contribution is 2.33. The van der Waals surface area contributed by atoms with Gasteiger partial charge in [0.15, 0.2) is 0 Å². The number of imidazole rings is 1. The lowest BCUT2D eigenvalue weighted by molar-refractivity contribution is -0.117. The molecule has 1 aliphatic heterocycles. The maximum absolute atomic E-state index is 12.9. The van der Waals surface area contributed by atoms with Crippen molar-refractivity contribution >= 4 is 22.6 Å². The van der Waals surface area contributed by atoms with Crippen molar-refractivity contribution in [3.8, 4) is 5.75 Å². The number of benzene rings is 3. The van der Waals surface area contributed by atoms with Gasteiger partial charge in [-0.1, -0.05) is 63.2 Å². The van der Waals surface area contributed by atoms with Gasteiger partial charge in [0.1, 0.15) is 11.6 Å². The molecule has 35 heavy (non-hydrogen) atoms. The Morgan fingerprint density at radius 3 is 2.40 bits per heavy atom. The Morgan fingerprint density at radius 1 is 0.943 bits per heavy atom. The largest absolute Gasteiger partial charge is 0.494 e. The van der Waals surface area contributed by atoms with Crippen LogP contribution in [-0.4, -0.2) is 28.6 Å². The van der Waals surface area contributed by atoms with Gasteiger partial charge < -0.3 is 14.2 Å². The molecule has 0 bridgehead atoms. The van der Waals surface area contributed by atoms with Crippen LogP contribution in [0.5, 0.6) is 5.75 Å². The van der Waals surface area contributed by atoms with Crippen molar-refractivity contribution in [2.24, 2.45) is 0 Å². The van der Waals surface area contributed by atoms with E-state index in [9.17, 15) is 4.79 Å². The topological polar surface area (TPSA) is 47.4 Å². The summed E-state index contributed by atoms with van der Waals surface area (Å²) >= 11 is 0. The number of nitrogens with zero attached hydrogens (tertiary/aromatic N) is 3. The van der Waals surface area contributed by atoms with Crippen LogP contribution in [0.3, 0.4) is 0 Å². The minimum atomic E-state index is 0.0703. The summed E-state index contributed by atoms with van der Waals surface area (Å²) in [4.78, 5) is 19.7. The quantitative estimate of drug-likeness (QED) is 0.299. The average Bonchev–Trinajstić information content (AvgIpc) is 3.42. The molecule has 5 heteroatoms. The van der Waals surface area contributed by atoms with Crippen molar-refractivity contribution in [3.63, 3.8) is 0 Å². The predicted octanol–water partition coefficient (Wildman–Crippen LogP) is 6.32. The zero-order valence-electron chi connectivity index (χ0n) is 20.8. The van der Waals surface area contributed by atoms with Gasteiger partial charge in [0, 0.05) is 31.1 Å². The molecule has 0 radical (unpaired) electrons. The molecular weight excluding hydrogens is 434 g/mol. The highest BCUT2D eigenvalue weighted by molar-refractivity contribution is 5.96. The Balaban J connectivity index is 1.29. The lowest BCUT2D eigenvalue weighted by Crippen LogP contribution is -2.24. The molecule has 1 fully saturated rings. The molecule has 1 aliphatic rings. The summed E-state index contributed by atoms with van der Waals surface area (Å²) in [6.45, 7) is 8.72. The summed E-state index contributed by atoms with van der Waals surface area (Å²) in [6.07, 6.45) is 1.34. The van der Waals surface area contributed by atoms with Gasteiger partial charge in [-0.3, -0.25) is 4.79 Å². The molecule has 0 aliphatic carbocycles. The lowest BCUT2D eigenvalue weighted by Gasteiger charge is -2.19. The fraction of sp³-hybridized carbons (Fsp3) is 0.333. The van der Waals surface area contributed by atoms with Crippen molar-refractivity contribution in [3.05, 3.63) is 90.3 Å². The molecule has 1 unspecified atom stereocenters. The van der Waals surface area contributed by atoms with Crippen molar-refractivity contribution in [1.82, 2.24) is 9.55 Å². The second-order valence-electron chi connectivity index (χ2n) is 10.3. The van der Waals surface area contributed by atoms with E-state index in [0.29, 0.717) is 19.6 Å². The number of anilines is 1. The van der Waals surface area contributed by atoms with E-state index < -0.39 is 0 Å². The van der Waals surface area contributed by atoms with E-state index in [1.54, 1.807) is 0 Å². The average molecular weight is 468 g/mol. The van der Waals surface area contributed by atoms with Crippen molar-refractivity contribution in [2.75, 3.05) is 18.1 Å². The first-order valence-corrected chi connectivity index (χ1v) is 12.4. The summed E-state index contributed by atoms with van der Waals surface area (Å²) in [7, 11) is 0. The second kappa shape index (κ2) is 9.57. The first kappa shape index (κ1) is 23.2. The van der Waals surface area contributed by atoms with Gasteiger partial charge >= 0.3 is 0 Å². The number of hydrogen-bond donors (Lipinski definition) is 0. The van der Waals surface area contributed by atoms with Crippen LogP contribution in [0.4, 0.5) is 5.69 Å². The van der Waals surface area contributed by atoms with Crippen LogP contribution < -0.4 is 9.64 Å². The third kappa shape index (κ3) is 4.95. The monoisotopic (exact) mass is 467 g/mol. The highest BCUT2D eigenvalue weighted by Gasteiger charge is 2.34. The zero-order chi connectivity index (χ0) is 24.4. The van der Waals surface area contributed by atoms with Crippen LogP contribution in [0.15, 0.2) is 78.9 Å². The van der Waals surface area contributed by atoms with Gasteiger partial charge in [-0.15, -0.1) is 0 Å². The third-order valence-corrected chi connectivity index (χ3v) is 6.76. The number of carbonyl (C=O) groups excluding carboxylic acids is 1. The van der Waals surface area contributed by atoms with E-state index in [1.807, 2.05) is 53.4 Å². The van der Waals surface area contributed by atoms with Crippen LogP contribution in [0, 0.1) is 0 Å². The number of hydrogen-bond acceptors (Lipinski definition) is 3. The van der Waals surface area contributed by atoms with Crippen LogP contribution in [-0.2, 0) is 16.8 Å². The molecule has 180 valence electrons. The molecule has 1 amide bonds. The predicted molar refractivity (Wildman–Crippen MR) is 141 cm³/mol. The minimum absolute atomic E-state index is 0.0703. The van der Waals surface area contributed by atoms with E-state index in [-0.39, 0.29) is 17.2 Å². The molecule has 5 nitrogen and oxygen atoms in total. The van der Waals surface area contributed by atoms with Gasteiger partial charge in [-0.05, 0) is 53.8 Å². The van der Waals surface area contributed by atoms with Gasteiger partial charge in [0.2, 0.25) is 5.91 Å². The molecule has 3 aromatic carbocycles. The molecular formula is C30H33N3O2. The highest BCUT2D eigenvalue weighted by atomic mass is 16.5. The summed E-state index contributed by atoms with van der Waals surface area (Å²) in [5, 5.41) is 0. The minimum Gasteiger partial charge on any atom is -0.494 e. The molecule has 1 atom stereocenters. The van der Waals surface area contributed by atoms with Crippen molar-refractivity contribution in [2.45, 2.75) is 51.5 Å². The summed E-state index contributed by atoms with van der Waals surface area (Å²) in [6, 6.07) is 26.5. The normalized spacial score (nSPS) is 16.3. The van der Waals surface area contributed by atoms with E-state index in [0.717, 1.165) is 41.3 Å². The Labute approximate surface area is 207 Å². The van der Waals surface area contributed by atoms with E-state index >= 15 is 0 Å². The molecule has 0 spiro atoms. The Bertz CT molecular complexity index is 1300. The van der Waals surface area contributed by atoms with Gasteiger partial charge in [0.05, 0.1) is 17.6 Å². The second-order valence-corrected chi connectivity index (χ2v) is 10.3. The van der Waals surface area contributed by atoms with Crippen LogP contribution in [0.25, 0.3) is 11.0 Å². The molecule has 0 N–H and O–H groups in total. The number of fused-ring (bicyclic) bond motifs is 1. The van der Waals surface area contributed by atoms with Crippen molar-refractivity contribution in [1.29, 1.82) is 0 Å². The molecule has 1 saturated heterocycles. The standard InChI is InChI=1S/C30H33N3O2/c1-30(2,3)23-14-16-25(17-15-23)35-19-9-18-32-27-13-8-7-12-26(27)31-29(32)22-20-28(34)33(21-22)24-10-5-4-6-11-24/h4-8,10-17,22H,9,18-21H2,1-3H3. The van der Waals surface area contributed by atoms with E-state index in [1.165, 1.54) is 5.56 Å². The maximum atomic E-state index is 12.9. The smallest absolute Gasteiger partial charge is 0.227 e. The van der Waals surface area contributed by atoms with E-state index in [2.05, 4.69) is 55.7 Å². The van der Waals surface area contributed by atoms with Crippen LogP contribution >= 0.6 is 0 Å². The zero-order valence-corrected chi connectivity index (χ0v) is 20.8. The number of para-hydroxylation sites is 3. The van der Waals surface area contributed by atoms with Gasteiger partial charge in [-0.2, -0.15) is 0 Å². The number of amides is 1. The van der Waals surface area contributed by atoms with Crippen LogP contribution in [0.2, 0.25) is 0 Å². The fourth-order valence-electron chi connectivity index (χ4n) is 4.84. The van der Waals surface area contributed by atoms with Gasteiger partial charge in [0.25, 0.3) is 0 Å². The summed E-state index contributed by atoms with van der Waals surface area (Å²) in [5.74, 6) is 2.11. The van der Waals surface area contributed by atoms with Crippen molar-refractivity contribution < 1.29 is 9.53 Å². The lowest BCUT2D eigenvalue weighted by atomic mass is 9.87. The number of carbonyl (C=O) groups is 1. The first-order valence-electron chi connectivity index (χ1n) is 12.4. The van der Waals surface area contributed by atoms with E-state index in [4.69, 9.17) is 9.72 Å². The van der Waals surface area contributed by atoms with Gasteiger partial charge in [-0.25, -0.2) is 4.98 Å². The Kier molecular flexibility index (Phi) is 6.33. The molecule has 2 heterocycles. The van der Waals surface area contributed by atoms with Crippen LogP contribution in [0.1, 0.15) is 50.9 Å². The Hall–Kier alpha value is -3.60. The SMILES string of the molecule is CC(C)(C)c1ccc(OCCCn2c(C3CC(=O)N(c4ccccc4)C3)nc3ccccc32)cc1. The third-order valence-electron chi connectivity index (χ3n) is 6.76. The molecule has 4 aromatic rings. The summed E-state index contributed by atoms with van der Waals surface area (Å²) in [5.41, 5.74) is 4.48. The fourth-order valence-corrected chi connectivity index (χ4v) is 4.84. The number of rotatable bonds is 7. The number of aryl methyl sites for hydroxylation is 1. The number of ether oxygens (including phenoxy) is 1.